The summed E-state index contributed by atoms with van der Waals surface area (Å²) >= 11 is 0. The zero-order chi connectivity index (χ0) is 12.1. The van der Waals surface area contributed by atoms with E-state index in [1.807, 2.05) is 13.0 Å². The highest BCUT2D eigenvalue weighted by atomic mass is 19.1. The van der Waals surface area contributed by atoms with Crippen LogP contribution in [0.2, 0.25) is 0 Å². The van der Waals surface area contributed by atoms with Gasteiger partial charge in [0.2, 0.25) is 5.89 Å². The van der Waals surface area contributed by atoms with Gasteiger partial charge in [-0.3, -0.25) is 0 Å². The molecule has 2 rings (SSSR count). The fourth-order valence-electron chi connectivity index (χ4n) is 1.60. The van der Waals surface area contributed by atoms with Gasteiger partial charge in [-0.1, -0.05) is 17.3 Å². The zero-order valence-electron chi connectivity index (χ0n) is 9.56. The van der Waals surface area contributed by atoms with Crippen molar-refractivity contribution in [2.75, 3.05) is 6.54 Å². The molecule has 0 bridgehead atoms. The number of benzene rings is 1. The second-order valence-electron chi connectivity index (χ2n) is 3.82. The highest BCUT2D eigenvalue weighted by Gasteiger charge is 2.06. The van der Waals surface area contributed by atoms with Gasteiger partial charge in [0.05, 0.1) is 0 Å². The molecule has 17 heavy (non-hydrogen) atoms. The number of aromatic nitrogens is 2. The predicted molar refractivity (Wildman–Crippen MR) is 60.8 cm³/mol. The SMILES string of the molecule is CC(NCCc1ncno1)c1cccc(F)c1. The largest absolute Gasteiger partial charge is 0.340 e. The molecular weight excluding hydrogens is 221 g/mol. The maximum Gasteiger partial charge on any atom is 0.227 e. The Hall–Kier alpha value is -1.75. The van der Waals surface area contributed by atoms with Gasteiger partial charge in [0, 0.05) is 19.0 Å². The Morgan fingerprint density at radius 2 is 2.35 bits per heavy atom. The molecule has 2 aromatic rings. The van der Waals surface area contributed by atoms with Gasteiger partial charge in [-0.15, -0.1) is 0 Å². The zero-order valence-corrected chi connectivity index (χ0v) is 9.56. The number of hydrogen-bond donors (Lipinski definition) is 1. The maximum absolute atomic E-state index is 13.0. The van der Waals surface area contributed by atoms with Gasteiger partial charge in [-0.25, -0.2) is 4.39 Å². The quantitative estimate of drug-likeness (QED) is 0.862. The first-order chi connectivity index (χ1) is 8.25. The highest BCUT2D eigenvalue weighted by Crippen LogP contribution is 2.13. The summed E-state index contributed by atoms with van der Waals surface area (Å²) in [4.78, 5) is 3.92. The lowest BCUT2D eigenvalue weighted by molar-refractivity contribution is 0.372. The molecule has 1 aromatic carbocycles. The summed E-state index contributed by atoms with van der Waals surface area (Å²) in [6.07, 6.45) is 2.05. The standard InChI is InChI=1S/C12H14FN3O/c1-9(10-3-2-4-11(13)7-10)14-6-5-12-15-8-16-17-12/h2-4,7-9,14H,5-6H2,1H3. The van der Waals surface area contributed by atoms with Crippen LogP contribution in [0.1, 0.15) is 24.4 Å². The molecule has 1 heterocycles. The summed E-state index contributed by atoms with van der Waals surface area (Å²) in [6, 6.07) is 6.67. The lowest BCUT2D eigenvalue weighted by Gasteiger charge is -2.13. The third-order valence-electron chi connectivity index (χ3n) is 2.55. The number of rotatable bonds is 5. The summed E-state index contributed by atoms with van der Waals surface area (Å²) in [6.45, 7) is 2.70. The highest BCUT2D eigenvalue weighted by molar-refractivity contribution is 5.19. The molecule has 0 radical (unpaired) electrons. The Morgan fingerprint density at radius 1 is 1.47 bits per heavy atom. The van der Waals surface area contributed by atoms with Crippen molar-refractivity contribution in [3.05, 3.63) is 47.9 Å². The summed E-state index contributed by atoms with van der Waals surface area (Å²) in [5, 5.41) is 6.80. The van der Waals surface area contributed by atoms with Gasteiger partial charge in [0.15, 0.2) is 6.33 Å². The average molecular weight is 235 g/mol. The lowest BCUT2D eigenvalue weighted by atomic mass is 10.1. The molecule has 4 nitrogen and oxygen atoms in total. The van der Waals surface area contributed by atoms with Crippen molar-refractivity contribution in [3.63, 3.8) is 0 Å². The Balaban J connectivity index is 1.83. The molecular formula is C12H14FN3O. The topological polar surface area (TPSA) is 51.0 Å². The minimum absolute atomic E-state index is 0.0913. The normalized spacial score (nSPS) is 12.6. The Bertz CT molecular complexity index is 459. The van der Waals surface area contributed by atoms with Crippen LogP contribution in [0.25, 0.3) is 0 Å². The van der Waals surface area contributed by atoms with E-state index in [9.17, 15) is 4.39 Å². The summed E-state index contributed by atoms with van der Waals surface area (Å²) in [5.74, 6) is 0.386. The van der Waals surface area contributed by atoms with Crippen LogP contribution in [-0.4, -0.2) is 16.7 Å². The summed E-state index contributed by atoms with van der Waals surface area (Å²) < 4.78 is 17.9. The minimum atomic E-state index is -0.215. The van der Waals surface area contributed by atoms with E-state index in [1.54, 1.807) is 6.07 Å². The first-order valence-electron chi connectivity index (χ1n) is 5.50. The van der Waals surface area contributed by atoms with E-state index in [0.29, 0.717) is 18.9 Å². The number of hydrogen-bond acceptors (Lipinski definition) is 4. The van der Waals surface area contributed by atoms with Crippen LogP contribution in [0.5, 0.6) is 0 Å². The van der Waals surface area contributed by atoms with E-state index < -0.39 is 0 Å². The van der Waals surface area contributed by atoms with E-state index in [2.05, 4.69) is 15.5 Å². The molecule has 0 aliphatic carbocycles. The van der Waals surface area contributed by atoms with Gasteiger partial charge in [0.1, 0.15) is 5.82 Å². The van der Waals surface area contributed by atoms with Crippen molar-refractivity contribution in [2.45, 2.75) is 19.4 Å². The van der Waals surface area contributed by atoms with Crippen LogP contribution in [0.4, 0.5) is 4.39 Å². The molecule has 0 aliphatic heterocycles. The van der Waals surface area contributed by atoms with E-state index >= 15 is 0 Å². The van der Waals surface area contributed by atoms with Crippen LogP contribution < -0.4 is 5.32 Å². The molecule has 1 atom stereocenters. The molecule has 0 spiro atoms. The number of halogens is 1. The monoisotopic (exact) mass is 235 g/mol. The van der Waals surface area contributed by atoms with Gasteiger partial charge >= 0.3 is 0 Å². The van der Waals surface area contributed by atoms with Gasteiger partial charge in [-0.05, 0) is 24.6 Å². The minimum Gasteiger partial charge on any atom is -0.340 e. The van der Waals surface area contributed by atoms with Gasteiger partial charge in [0.25, 0.3) is 0 Å². The maximum atomic E-state index is 13.0. The van der Waals surface area contributed by atoms with E-state index in [1.165, 1.54) is 18.5 Å². The molecule has 0 amide bonds. The van der Waals surface area contributed by atoms with Crippen molar-refractivity contribution >= 4 is 0 Å². The smallest absolute Gasteiger partial charge is 0.227 e. The van der Waals surface area contributed by atoms with Gasteiger partial charge in [-0.2, -0.15) is 4.98 Å². The average Bonchev–Trinajstić information content (AvgIpc) is 2.82. The van der Waals surface area contributed by atoms with E-state index in [4.69, 9.17) is 4.52 Å². The lowest BCUT2D eigenvalue weighted by Crippen LogP contribution is -2.21. The van der Waals surface area contributed by atoms with Gasteiger partial charge < -0.3 is 9.84 Å². The molecule has 1 aromatic heterocycles. The first-order valence-corrected chi connectivity index (χ1v) is 5.50. The Morgan fingerprint density at radius 3 is 3.06 bits per heavy atom. The third kappa shape index (κ3) is 3.35. The number of nitrogens with one attached hydrogen (secondary N) is 1. The number of nitrogens with zero attached hydrogens (tertiary/aromatic N) is 2. The van der Waals surface area contributed by atoms with Crippen molar-refractivity contribution in [3.8, 4) is 0 Å². The van der Waals surface area contributed by atoms with E-state index in [0.717, 1.165) is 5.56 Å². The predicted octanol–water partition coefficient (Wildman–Crippen LogP) is 2.10. The van der Waals surface area contributed by atoms with Crippen LogP contribution in [0.3, 0.4) is 0 Å². The fraction of sp³-hybridized carbons (Fsp3) is 0.333. The molecule has 1 N–H and O–H groups in total. The van der Waals surface area contributed by atoms with Crippen molar-refractivity contribution in [1.82, 2.24) is 15.5 Å². The second-order valence-corrected chi connectivity index (χ2v) is 3.82. The summed E-state index contributed by atoms with van der Waals surface area (Å²) in [7, 11) is 0. The first kappa shape index (κ1) is 11.7. The molecule has 90 valence electrons. The summed E-state index contributed by atoms with van der Waals surface area (Å²) in [5.41, 5.74) is 0.926. The van der Waals surface area contributed by atoms with E-state index in [-0.39, 0.29) is 11.9 Å². The molecule has 0 saturated carbocycles. The Kier molecular flexibility index (Phi) is 3.82. The van der Waals surface area contributed by atoms with Crippen molar-refractivity contribution in [2.24, 2.45) is 0 Å². The fourth-order valence-corrected chi connectivity index (χ4v) is 1.60. The molecule has 0 fully saturated rings. The molecule has 5 heteroatoms. The molecule has 1 unspecified atom stereocenters. The van der Waals surface area contributed by atoms with Crippen LogP contribution >= 0.6 is 0 Å². The second kappa shape index (κ2) is 5.54. The van der Waals surface area contributed by atoms with Crippen LogP contribution in [0.15, 0.2) is 35.1 Å². The Labute approximate surface area is 98.8 Å². The molecule has 0 saturated heterocycles. The van der Waals surface area contributed by atoms with Crippen molar-refractivity contribution < 1.29 is 8.91 Å². The molecule has 0 aliphatic rings. The third-order valence-corrected chi connectivity index (χ3v) is 2.55. The van der Waals surface area contributed by atoms with Crippen LogP contribution in [0, 0.1) is 5.82 Å². The van der Waals surface area contributed by atoms with Crippen molar-refractivity contribution in [1.29, 1.82) is 0 Å². The van der Waals surface area contributed by atoms with Crippen LogP contribution in [-0.2, 0) is 6.42 Å².